The van der Waals surface area contributed by atoms with E-state index in [-0.39, 0.29) is 24.3 Å². The lowest BCUT2D eigenvalue weighted by Gasteiger charge is -2.56. The molecule has 1 amide bonds. The fourth-order valence-corrected chi connectivity index (χ4v) is 3.35. The van der Waals surface area contributed by atoms with E-state index in [0.717, 1.165) is 19.4 Å². The lowest BCUT2D eigenvalue weighted by atomic mass is 9.69. The molecule has 5 atom stereocenters. The first-order chi connectivity index (χ1) is 6.66. The van der Waals surface area contributed by atoms with Crippen molar-refractivity contribution in [1.29, 1.82) is 0 Å². The van der Waals surface area contributed by atoms with Gasteiger partial charge in [-0.25, -0.2) is 4.79 Å². The zero-order valence-electron chi connectivity index (χ0n) is 8.22. The fraction of sp³-hybridized carbons (Fsp3) is 0.900. The van der Waals surface area contributed by atoms with Crippen molar-refractivity contribution in [2.75, 3.05) is 6.54 Å². The molecule has 3 saturated heterocycles. The maximum Gasteiger partial charge on any atom is 0.410 e. The molecule has 4 nitrogen and oxygen atoms in total. The Bertz CT molecular complexity index is 281. The van der Waals surface area contributed by atoms with Gasteiger partial charge in [0.1, 0.15) is 6.10 Å². The van der Waals surface area contributed by atoms with E-state index in [1.54, 1.807) is 4.90 Å². The van der Waals surface area contributed by atoms with Gasteiger partial charge in [0, 0.05) is 12.5 Å². The van der Waals surface area contributed by atoms with Crippen molar-refractivity contribution in [3.05, 3.63) is 0 Å². The number of rotatable bonds is 0. The minimum Gasteiger partial charge on any atom is -0.446 e. The third kappa shape index (κ3) is 0.947. The number of ether oxygens (including phenoxy) is 1. The number of carbonyl (C=O) groups is 1. The summed E-state index contributed by atoms with van der Waals surface area (Å²) in [5.41, 5.74) is 0. The molecule has 78 valence electrons. The number of aliphatic hydroxyl groups excluding tert-OH is 1. The molecule has 4 aliphatic rings. The zero-order chi connectivity index (χ0) is 9.87. The van der Waals surface area contributed by atoms with Crippen LogP contribution < -0.4 is 0 Å². The van der Waals surface area contributed by atoms with Gasteiger partial charge in [-0.05, 0) is 25.7 Å². The summed E-state index contributed by atoms with van der Waals surface area (Å²) in [6.07, 6.45) is 1.37. The summed E-state index contributed by atoms with van der Waals surface area (Å²) in [6.45, 7) is 2.72. The summed E-state index contributed by atoms with van der Waals surface area (Å²) in [7, 11) is 0. The van der Waals surface area contributed by atoms with Gasteiger partial charge >= 0.3 is 6.09 Å². The van der Waals surface area contributed by atoms with Gasteiger partial charge in [0.05, 0.1) is 12.1 Å². The molecule has 4 bridgehead atoms. The van der Waals surface area contributed by atoms with Gasteiger partial charge in [-0.2, -0.15) is 0 Å². The molecule has 4 fully saturated rings. The van der Waals surface area contributed by atoms with Gasteiger partial charge in [0.15, 0.2) is 0 Å². The summed E-state index contributed by atoms with van der Waals surface area (Å²) < 4.78 is 5.23. The molecule has 14 heavy (non-hydrogen) atoms. The largest absolute Gasteiger partial charge is 0.446 e. The van der Waals surface area contributed by atoms with Crippen molar-refractivity contribution in [1.82, 2.24) is 4.90 Å². The first-order valence-corrected chi connectivity index (χ1v) is 5.32. The minimum absolute atomic E-state index is 0.0243. The molecule has 4 heteroatoms. The molecule has 3 heterocycles. The molecule has 0 aromatic rings. The predicted octanol–water partition coefficient (Wildman–Crippen LogP) is 0.596. The van der Waals surface area contributed by atoms with Crippen LogP contribution in [0.15, 0.2) is 0 Å². The van der Waals surface area contributed by atoms with Crippen LogP contribution in [0.2, 0.25) is 0 Å². The molecule has 1 saturated carbocycles. The van der Waals surface area contributed by atoms with Gasteiger partial charge in [-0.1, -0.05) is 0 Å². The Labute approximate surface area is 82.8 Å². The third-order valence-corrected chi connectivity index (χ3v) is 3.95. The van der Waals surface area contributed by atoms with Crippen LogP contribution in [0.1, 0.15) is 19.8 Å². The van der Waals surface area contributed by atoms with Gasteiger partial charge in [-0.15, -0.1) is 0 Å². The van der Waals surface area contributed by atoms with Crippen LogP contribution >= 0.6 is 0 Å². The topological polar surface area (TPSA) is 49.8 Å². The van der Waals surface area contributed by atoms with Crippen LogP contribution in [0.4, 0.5) is 4.79 Å². The van der Waals surface area contributed by atoms with E-state index in [1.807, 2.05) is 6.92 Å². The van der Waals surface area contributed by atoms with Gasteiger partial charge < -0.3 is 14.7 Å². The number of amides is 1. The molecule has 1 aliphatic carbocycles. The normalized spacial score (nSPS) is 50.6. The van der Waals surface area contributed by atoms with E-state index in [9.17, 15) is 9.90 Å². The van der Waals surface area contributed by atoms with E-state index in [0.29, 0.717) is 11.8 Å². The average molecular weight is 197 g/mol. The molecule has 4 rings (SSSR count). The number of piperidine rings is 2. The lowest BCUT2D eigenvalue weighted by molar-refractivity contribution is -0.144. The first-order valence-electron chi connectivity index (χ1n) is 5.32. The number of hydrogen-bond acceptors (Lipinski definition) is 3. The number of fused-ring (bicyclic) bond motifs is 1. The Morgan fingerprint density at radius 1 is 1.50 bits per heavy atom. The van der Waals surface area contributed by atoms with E-state index < -0.39 is 0 Å². The minimum atomic E-state index is -0.331. The van der Waals surface area contributed by atoms with E-state index in [4.69, 9.17) is 4.74 Å². The van der Waals surface area contributed by atoms with Crippen LogP contribution in [0.25, 0.3) is 0 Å². The summed E-state index contributed by atoms with van der Waals surface area (Å²) in [6, 6.07) is 0.0243. The van der Waals surface area contributed by atoms with Crippen LogP contribution in [-0.4, -0.2) is 40.9 Å². The fourth-order valence-electron chi connectivity index (χ4n) is 3.35. The van der Waals surface area contributed by atoms with Crippen LogP contribution in [0, 0.1) is 11.8 Å². The van der Waals surface area contributed by atoms with E-state index >= 15 is 0 Å². The molecular weight excluding hydrogens is 182 g/mol. The Morgan fingerprint density at radius 3 is 3.00 bits per heavy atom. The van der Waals surface area contributed by atoms with Crippen molar-refractivity contribution in [3.8, 4) is 0 Å². The van der Waals surface area contributed by atoms with E-state index in [1.165, 1.54) is 0 Å². The third-order valence-electron chi connectivity index (χ3n) is 3.95. The highest BCUT2D eigenvalue weighted by Crippen LogP contribution is 2.44. The van der Waals surface area contributed by atoms with Crippen molar-refractivity contribution in [2.24, 2.45) is 11.8 Å². The number of cyclic esters (lactones) is 1. The van der Waals surface area contributed by atoms with E-state index in [2.05, 4.69) is 0 Å². The molecule has 0 radical (unpaired) electrons. The van der Waals surface area contributed by atoms with Gasteiger partial charge in [0.2, 0.25) is 0 Å². The highest BCUT2D eigenvalue weighted by Gasteiger charge is 2.53. The second-order valence-corrected chi connectivity index (χ2v) is 4.80. The Kier molecular flexibility index (Phi) is 1.60. The SMILES string of the molecule is C[C@H]1OC(=O)N2C[C@@H]3C[C@H]1[C@H]2[C@@H](O)C3. The van der Waals surface area contributed by atoms with Crippen LogP contribution in [0.3, 0.4) is 0 Å². The van der Waals surface area contributed by atoms with Crippen molar-refractivity contribution < 1.29 is 14.6 Å². The second-order valence-electron chi connectivity index (χ2n) is 4.80. The maximum absolute atomic E-state index is 11.5. The molecule has 3 aliphatic heterocycles. The lowest BCUT2D eigenvalue weighted by Crippen LogP contribution is -2.67. The summed E-state index contributed by atoms with van der Waals surface area (Å²) in [5.74, 6) is 0.825. The Balaban J connectivity index is 1.97. The molecule has 1 N–H and O–H groups in total. The second kappa shape index (κ2) is 2.63. The summed E-state index contributed by atoms with van der Waals surface area (Å²) in [4.78, 5) is 13.3. The predicted molar refractivity (Wildman–Crippen MR) is 48.7 cm³/mol. The number of hydrogen-bond donors (Lipinski definition) is 1. The smallest absolute Gasteiger partial charge is 0.410 e. The van der Waals surface area contributed by atoms with Crippen molar-refractivity contribution >= 4 is 6.09 Å². The maximum atomic E-state index is 11.5. The summed E-state index contributed by atoms with van der Waals surface area (Å²) >= 11 is 0. The van der Waals surface area contributed by atoms with Crippen molar-refractivity contribution in [2.45, 2.75) is 38.0 Å². The first kappa shape index (κ1) is 8.53. The number of aliphatic hydroxyl groups is 1. The molecular formula is C10H15NO3. The zero-order valence-corrected chi connectivity index (χ0v) is 8.22. The highest BCUT2D eigenvalue weighted by molar-refractivity contribution is 5.70. The monoisotopic (exact) mass is 197 g/mol. The Morgan fingerprint density at radius 2 is 2.29 bits per heavy atom. The molecule has 0 unspecified atom stereocenters. The Hall–Kier alpha value is -0.770. The quantitative estimate of drug-likeness (QED) is 0.618. The standard InChI is InChI=1S/C10H15NO3/c1-5-7-2-6-3-8(12)9(7)11(4-6)10(13)14-5/h5-9,12H,2-4H2,1H3/t5-,6-,7-,8+,9+/m1/s1. The molecule has 0 aromatic carbocycles. The number of carbonyl (C=O) groups excluding carboxylic acids is 1. The molecule has 0 aromatic heterocycles. The van der Waals surface area contributed by atoms with Gasteiger partial charge in [-0.3, -0.25) is 0 Å². The van der Waals surface area contributed by atoms with Gasteiger partial charge in [0.25, 0.3) is 0 Å². The van der Waals surface area contributed by atoms with Crippen molar-refractivity contribution in [3.63, 3.8) is 0 Å². The van der Waals surface area contributed by atoms with Crippen LogP contribution in [0.5, 0.6) is 0 Å². The summed E-state index contributed by atoms with van der Waals surface area (Å²) in [5, 5.41) is 9.89. The average Bonchev–Trinajstić information content (AvgIpc) is 2.14. The van der Waals surface area contributed by atoms with Crippen LogP contribution in [-0.2, 0) is 4.74 Å². The highest BCUT2D eigenvalue weighted by atomic mass is 16.6. The molecule has 0 spiro atoms. The number of nitrogens with zero attached hydrogens (tertiary/aromatic N) is 1.